The van der Waals surface area contributed by atoms with Crippen LogP contribution in [-0.2, 0) is 11.3 Å². The van der Waals surface area contributed by atoms with E-state index >= 15 is 0 Å². The number of alkyl carbamates (subject to hydrolysis) is 1. The molecule has 0 unspecified atom stereocenters. The third-order valence-corrected chi connectivity index (χ3v) is 4.69. The molecule has 1 aromatic carbocycles. The molecular formula is C19H26N2O2. The van der Waals surface area contributed by atoms with Crippen molar-refractivity contribution in [3.8, 4) is 0 Å². The third kappa shape index (κ3) is 5.10. The number of rotatable bonds is 7. The summed E-state index contributed by atoms with van der Waals surface area (Å²) in [6.07, 6.45) is 9.12. The van der Waals surface area contributed by atoms with E-state index in [1.165, 1.54) is 25.7 Å². The highest BCUT2D eigenvalue weighted by atomic mass is 16.5. The predicted octanol–water partition coefficient (Wildman–Crippen LogP) is 3.53. The summed E-state index contributed by atoms with van der Waals surface area (Å²) in [5.41, 5.74) is 2.62. The summed E-state index contributed by atoms with van der Waals surface area (Å²) in [5, 5.41) is 6.51. The van der Waals surface area contributed by atoms with Gasteiger partial charge in [0.15, 0.2) is 0 Å². The van der Waals surface area contributed by atoms with Crippen LogP contribution in [0.2, 0.25) is 0 Å². The highest BCUT2D eigenvalue weighted by molar-refractivity contribution is 5.67. The van der Waals surface area contributed by atoms with Gasteiger partial charge in [0.25, 0.3) is 0 Å². The molecule has 4 heteroatoms. The first-order valence-corrected chi connectivity index (χ1v) is 8.68. The molecule has 124 valence electrons. The zero-order chi connectivity index (χ0) is 15.9. The molecule has 0 spiro atoms. The molecular weight excluding hydrogens is 288 g/mol. The lowest BCUT2D eigenvalue weighted by atomic mass is 9.87. The SMILES string of the molecule is O=C(NC1CC(NCCC2=CCCC2)C1)OCc1ccccc1. The lowest BCUT2D eigenvalue weighted by Gasteiger charge is -2.36. The fraction of sp³-hybridized carbons (Fsp3) is 0.526. The van der Waals surface area contributed by atoms with E-state index in [1.54, 1.807) is 5.57 Å². The van der Waals surface area contributed by atoms with Crippen molar-refractivity contribution in [2.75, 3.05) is 6.54 Å². The van der Waals surface area contributed by atoms with Crippen molar-refractivity contribution in [2.24, 2.45) is 0 Å². The molecule has 0 heterocycles. The Kier molecular flexibility index (Phi) is 5.70. The summed E-state index contributed by atoms with van der Waals surface area (Å²) < 4.78 is 5.24. The van der Waals surface area contributed by atoms with Crippen LogP contribution in [0.1, 0.15) is 44.1 Å². The Morgan fingerprint density at radius 2 is 2.00 bits per heavy atom. The molecule has 0 aliphatic heterocycles. The van der Waals surface area contributed by atoms with Gasteiger partial charge in [-0.3, -0.25) is 0 Å². The average Bonchev–Trinajstić information content (AvgIpc) is 3.05. The fourth-order valence-electron chi connectivity index (χ4n) is 3.24. The summed E-state index contributed by atoms with van der Waals surface area (Å²) in [6, 6.07) is 10.5. The second-order valence-electron chi connectivity index (χ2n) is 6.53. The van der Waals surface area contributed by atoms with Gasteiger partial charge < -0.3 is 15.4 Å². The van der Waals surface area contributed by atoms with E-state index < -0.39 is 0 Å². The third-order valence-electron chi connectivity index (χ3n) is 4.69. The molecule has 0 atom stereocenters. The number of ether oxygens (including phenoxy) is 1. The topological polar surface area (TPSA) is 50.4 Å². The minimum absolute atomic E-state index is 0.251. The van der Waals surface area contributed by atoms with Crippen molar-refractivity contribution in [2.45, 2.75) is 57.2 Å². The van der Waals surface area contributed by atoms with Crippen LogP contribution in [0.4, 0.5) is 4.79 Å². The molecule has 1 aromatic rings. The molecule has 0 radical (unpaired) electrons. The van der Waals surface area contributed by atoms with Crippen molar-refractivity contribution in [1.82, 2.24) is 10.6 Å². The molecule has 3 rings (SSSR count). The molecule has 0 aromatic heterocycles. The van der Waals surface area contributed by atoms with Crippen LogP contribution >= 0.6 is 0 Å². The Balaban J connectivity index is 1.24. The smallest absolute Gasteiger partial charge is 0.407 e. The second kappa shape index (κ2) is 8.16. The summed E-state index contributed by atoms with van der Waals surface area (Å²) in [6.45, 7) is 1.39. The average molecular weight is 314 g/mol. The van der Waals surface area contributed by atoms with Gasteiger partial charge in [-0.1, -0.05) is 42.0 Å². The summed E-state index contributed by atoms with van der Waals surface area (Å²) in [4.78, 5) is 11.8. The van der Waals surface area contributed by atoms with Crippen LogP contribution < -0.4 is 10.6 Å². The van der Waals surface area contributed by atoms with Crippen LogP contribution in [0.5, 0.6) is 0 Å². The Morgan fingerprint density at radius 1 is 1.17 bits per heavy atom. The lowest BCUT2D eigenvalue weighted by Crippen LogP contribution is -2.52. The molecule has 23 heavy (non-hydrogen) atoms. The molecule has 1 amide bonds. The number of carbonyl (C=O) groups excluding carboxylic acids is 1. The predicted molar refractivity (Wildman–Crippen MR) is 91.1 cm³/mol. The van der Waals surface area contributed by atoms with Crippen molar-refractivity contribution in [3.63, 3.8) is 0 Å². The fourth-order valence-corrected chi connectivity index (χ4v) is 3.24. The number of carbonyl (C=O) groups is 1. The van der Waals surface area contributed by atoms with Crippen LogP contribution in [0.25, 0.3) is 0 Å². The molecule has 4 nitrogen and oxygen atoms in total. The van der Waals surface area contributed by atoms with Gasteiger partial charge in [-0.25, -0.2) is 4.79 Å². The van der Waals surface area contributed by atoms with E-state index in [2.05, 4.69) is 16.7 Å². The minimum Gasteiger partial charge on any atom is -0.445 e. The number of nitrogens with one attached hydrogen (secondary N) is 2. The van der Waals surface area contributed by atoms with Gasteiger partial charge in [0, 0.05) is 12.1 Å². The lowest BCUT2D eigenvalue weighted by molar-refractivity contribution is 0.125. The molecule has 0 bridgehead atoms. The second-order valence-corrected chi connectivity index (χ2v) is 6.53. The normalized spacial score (nSPS) is 23.0. The number of hydrogen-bond acceptors (Lipinski definition) is 3. The summed E-state index contributed by atoms with van der Waals surface area (Å²) >= 11 is 0. The maximum absolute atomic E-state index is 11.8. The van der Waals surface area contributed by atoms with Crippen LogP contribution in [0.15, 0.2) is 42.0 Å². The van der Waals surface area contributed by atoms with Gasteiger partial charge >= 0.3 is 6.09 Å². The van der Waals surface area contributed by atoms with Crippen LogP contribution in [-0.4, -0.2) is 24.7 Å². The van der Waals surface area contributed by atoms with Crippen molar-refractivity contribution < 1.29 is 9.53 Å². The molecule has 2 aliphatic rings. The Labute approximate surface area is 138 Å². The monoisotopic (exact) mass is 314 g/mol. The summed E-state index contributed by atoms with van der Waals surface area (Å²) in [5.74, 6) is 0. The molecule has 1 fully saturated rings. The van der Waals surface area contributed by atoms with E-state index in [9.17, 15) is 4.79 Å². The van der Waals surface area contributed by atoms with E-state index in [-0.39, 0.29) is 12.1 Å². The first kappa shape index (κ1) is 16.1. The van der Waals surface area contributed by atoms with E-state index in [0.29, 0.717) is 12.6 Å². The number of amides is 1. The zero-order valence-electron chi connectivity index (χ0n) is 13.6. The number of benzene rings is 1. The van der Waals surface area contributed by atoms with Crippen molar-refractivity contribution in [3.05, 3.63) is 47.5 Å². The highest BCUT2D eigenvalue weighted by Gasteiger charge is 2.30. The van der Waals surface area contributed by atoms with Gasteiger partial charge in [-0.15, -0.1) is 0 Å². The maximum Gasteiger partial charge on any atom is 0.407 e. The van der Waals surface area contributed by atoms with Crippen molar-refractivity contribution in [1.29, 1.82) is 0 Å². The molecule has 2 aliphatic carbocycles. The van der Waals surface area contributed by atoms with Crippen molar-refractivity contribution >= 4 is 6.09 Å². The van der Waals surface area contributed by atoms with Gasteiger partial charge in [-0.05, 0) is 50.6 Å². The standard InChI is InChI=1S/C19H26N2O2/c22-19(23-14-16-8-2-1-3-9-16)21-18-12-17(13-18)20-11-10-15-6-4-5-7-15/h1-3,6,8-9,17-18,20H,4-5,7,10-14H2,(H,21,22). The van der Waals surface area contributed by atoms with Gasteiger partial charge in [0.2, 0.25) is 0 Å². The largest absolute Gasteiger partial charge is 0.445 e. The first-order valence-electron chi connectivity index (χ1n) is 8.68. The Hall–Kier alpha value is -1.81. The van der Waals surface area contributed by atoms with Crippen LogP contribution in [0.3, 0.4) is 0 Å². The van der Waals surface area contributed by atoms with Gasteiger partial charge in [-0.2, -0.15) is 0 Å². The van der Waals surface area contributed by atoms with Gasteiger partial charge in [0.1, 0.15) is 6.61 Å². The zero-order valence-corrected chi connectivity index (χ0v) is 13.6. The molecule has 0 saturated heterocycles. The Bertz CT molecular complexity index is 536. The van der Waals surface area contributed by atoms with E-state index in [1.807, 2.05) is 30.3 Å². The van der Waals surface area contributed by atoms with Crippen LogP contribution in [0, 0.1) is 0 Å². The Morgan fingerprint density at radius 3 is 2.74 bits per heavy atom. The van der Waals surface area contributed by atoms with E-state index in [0.717, 1.165) is 24.9 Å². The number of hydrogen-bond donors (Lipinski definition) is 2. The summed E-state index contributed by atoms with van der Waals surface area (Å²) in [7, 11) is 0. The quantitative estimate of drug-likeness (QED) is 0.757. The van der Waals surface area contributed by atoms with Gasteiger partial charge in [0.05, 0.1) is 0 Å². The minimum atomic E-state index is -0.312. The first-order chi connectivity index (χ1) is 11.3. The maximum atomic E-state index is 11.8. The molecule has 2 N–H and O–H groups in total. The number of allylic oxidation sites excluding steroid dienone is 1. The van der Waals surface area contributed by atoms with E-state index in [4.69, 9.17) is 4.74 Å². The molecule has 1 saturated carbocycles. The highest BCUT2D eigenvalue weighted by Crippen LogP contribution is 2.22.